The molecule has 0 bridgehead atoms. The largest absolute Gasteiger partial charge is 0.495 e. The van der Waals surface area contributed by atoms with Gasteiger partial charge in [0.25, 0.3) is 0 Å². The van der Waals surface area contributed by atoms with Crippen LogP contribution in [0.2, 0.25) is 10.0 Å². The topological polar surface area (TPSA) is 60.9 Å². The Kier molecular flexibility index (Phi) is 8.30. The molecule has 1 aromatic carbocycles. The van der Waals surface area contributed by atoms with Gasteiger partial charge in [0.05, 0.1) is 29.0 Å². The number of nitrogens with zero attached hydrogens (tertiary/aromatic N) is 4. The Hall–Kier alpha value is -2.06. The van der Waals surface area contributed by atoms with Crippen molar-refractivity contribution in [1.29, 1.82) is 0 Å². The zero-order valence-corrected chi connectivity index (χ0v) is 20.5. The number of carbonyl (C=O) groups excluding carboxylic acids is 1. The molecule has 33 heavy (non-hydrogen) atoms. The SMILES string of the molecule is COc1ccc(CN2CCC[C@@H](CN3CCN(C(=O)Nc4ccc(Cl)c(Cl)c4)CC3)C2)nc1. The molecule has 2 aliphatic rings. The number of ether oxygens (including phenoxy) is 1. The number of rotatable bonds is 6. The standard InChI is InChI=1S/C24H31Cl2N5O2/c1-33-21-6-4-20(27-14-21)17-30-8-2-3-18(16-30)15-29-9-11-31(12-10-29)24(32)28-19-5-7-22(25)23(26)13-19/h4-7,13-14,18H,2-3,8-12,15-17H2,1H3,(H,28,32)/t18-/m0/s1. The van der Waals surface area contributed by atoms with Gasteiger partial charge < -0.3 is 15.0 Å². The molecule has 9 heteroatoms. The maximum absolute atomic E-state index is 12.6. The van der Waals surface area contributed by atoms with E-state index in [1.807, 2.05) is 17.0 Å². The van der Waals surface area contributed by atoms with E-state index in [4.69, 9.17) is 27.9 Å². The highest BCUT2D eigenvalue weighted by Gasteiger charge is 2.26. The maximum Gasteiger partial charge on any atom is 0.321 e. The van der Waals surface area contributed by atoms with Crippen LogP contribution in [-0.2, 0) is 6.54 Å². The van der Waals surface area contributed by atoms with Crippen LogP contribution < -0.4 is 10.1 Å². The fraction of sp³-hybridized carbons (Fsp3) is 0.500. The minimum Gasteiger partial charge on any atom is -0.495 e. The number of carbonyl (C=O) groups is 1. The summed E-state index contributed by atoms with van der Waals surface area (Å²) >= 11 is 12.0. The van der Waals surface area contributed by atoms with E-state index in [-0.39, 0.29) is 6.03 Å². The number of hydrogen-bond donors (Lipinski definition) is 1. The number of piperidine rings is 1. The molecular weight excluding hydrogens is 461 g/mol. The van der Waals surface area contributed by atoms with Crippen molar-refractivity contribution in [3.05, 3.63) is 52.3 Å². The normalized spacial score (nSPS) is 20.0. The number of benzene rings is 1. The van der Waals surface area contributed by atoms with Crippen molar-refractivity contribution in [3.63, 3.8) is 0 Å². The minimum atomic E-state index is -0.0936. The Morgan fingerprint density at radius 1 is 1.09 bits per heavy atom. The highest BCUT2D eigenvalue weighted by molar-refractivity contribution is 6.42. The third-order valence-corrected chi connectivity index (χ3v) is 7.11. The van der Waals surface area contributed by atoms with E-state index in [1.54, 1.807) is 31.5 Å². The molecule has 2 saturated heterocycles. The van der Waals surface area contributed by atoms with Crippen molar-refractivity contribution in [2.24, 2.45) is 5.92 Å². The summed E-state index contributed by atoms with van der Waals surface area (Å²) in [5, 5.41) is 3.83. The van der Waals surface area contributed by atoms with E-state index in [2.05, 4.69) is 20.1 Å². The quantitative estimate of drug-likeness (QED) is 0.646. The van der Waals surface area contributed by atoms with Crippen LogP contribution in [0.3, 0.4) is 0 Å². The molecule has 4 rings (SSSR count). The highest BCUT2D eigenvalue weighted by atomic mass is 35.5. The highest BCUT2D eigenvalue weighted by Crippen LogP contribution is 2.25. The molecule has 0 aliphatic carbocycles. The molecular formula is C24H31Cl2N5O2. The van der Waals surface area contributed by atoms with Crippen LogP contribution in [0.1, 0.15) is 18.5 Å². The summed E-state index contributed by atoms with van der Waals surface area (Å²) in [6.45, 7) is 7.39. The summed E-state index contributed by atoms with van der Waals surface area (Å²) in [6, 6.07) is 9.05. The van der Waals surface area contributed by atoms with Crippen LogP contribution in [-0.4, -0.2) is 78.6 Å². The predicted octanol–water partition coefficient (Wildman–Crippen LogP) is 4.46. The van der Waals surface area contributed by atoms with Gasteiger partial charge in [0.15, 0.2) is 0 Å². The lowest BCUT2D eigenvalue weighted by Crippen LogP contribution is -2.52. The van der Waals surface area contributed by atoms with Gasteiger partial charge in [0.2, 0.25) is 0 Å². The van der Waals surface area contributed by atoms with Crippen molar-refractivity contribution >= 4 is 34.9 Å². The lowest BCUT2D eigenvalue weighted by molar-refractivity contribution is 0.0980. The molecule has 0 unspecified atom stereocenters. The first kappa shape index (κ1) is 24.1. The summed E-state index contributed by atoms with van der Waals surface area (Å²) in [6.07, 6.45) is 4.26. The first-order valence-corrected chi connectivity index (χ1v) is 12.2. The zero-order valence-electron chi connectivity index (χ0n) is 19.0. The Bertz CT molecular complexity index is 935. The van der Waals surface area contributed by atoms with Crippen molar-refractivity contribution in [3.8, 4) is 5.75 Å². The third-order valence-electron chi connectivity index (χ3n) is 6.37. The van der Waals surface area contributed by atoms with Crippen molar-refractivity contribution < 1.29 is 9.53 Å². The molecule has 2 amide bonds. The van der Waals surface area contributed by atoms with Crippen molar-refractivity contribution in [1.82, 2.24) is 19.7 Å². The summed E-state index contributed by atoms with van der Waals surface area (Å²) in [5.74, 6) is 1.44. The second-order valence-corrected chi connectivity index (χ2v) is 9.59. The molecule has 1 aromatic heterocycles. The number of amides is 2. The van der Waals surface area contributed by atoms with Crippen LogP contribution in [0, 0.1) is 5.92 Å². The molecule has 178 valence electrons. The molecule has 0 spiro atoms. The molecule has 0 radical (unpaired) electrons. The zero-order chi connectivity index (χ0) is 23.2. The third kappa shape index (κ3) is 6.73. The number of likely N-dealkylation sites (tertiary alicyclic amines) is 1. The number of halogens is 2. The number of methoxy groups -OCH3 is 1. The van der Waals surface area contributed by atoms with E-state index >= 15 is 0 Å². The Morgan fingerprint density at radius 3 is 2.61 bits per heavy atom. The van der Waals surface area contributed by atoms with Gasteiger partial charge in [-0.25, -0.2) is 4.79 Å². The second-order valence-electron chi connectivity index (χ2n) is 8.78. The van der Waals surface area contributed by atoms with E-state index < -0.39 is 0 Å². The number of urea groups is 1. The second kappa shape index (κ2) is 11.4. The van der Waals surface area contributed by atoms with Gasteiger partial charge in [-0.15, -0.1) is 0 Å². The summed E-state index contributed by atoms with van der Waals surface area (Å²) in [5.41, 5.74) is 1.74. The van der Waals surface area contributed by atoms with Crippen LogP contribution in [0.4, 0.5) is 10.5 Å². The Morgan fingerprint density at radius 2 is 1.91 bits per heavy atom. The van der Waals surface area contributed by atoms with Gasteiger partial charge in [-0.2, -0.15) is 0 Å². The molecule has 2 aliphatic heterocycles. The van der Waals surface area contributed by atoms with Crippen LogP contribution in [0.5, 0.6) is 5.75 Å². The van der Waals surface area contributed by atoms with Gasteiger partial charge in [-0.3, -0.25) is 14.8 Å². The fourth-order valence-corrected chi connectivity index (χ4v) is 4.87. The molecule has 1 N–H and O–H groups in total. The molecule has 3 heterocycles. The Balaban J connectivity index is 1.21. The fourth-order valence-electron chi connectivity index (χ4n) is 4.57. The molecule has 2 fully saturated rings. The van der Waals surface area contributed by atoms with Gasteiger partial charge in [-0.05, 0) is 55.6 Å². The minimum absolute atomic E-state index is 0.0936. The number of hydrogen-bond acceptors (Lipinski definition) is 5. The molecule has 2 aromatic rings. The Labute approximate surface area is 205 Å². The first-order chi connectivity index (χ1) is 16.0. The van der Waals surface area contributed by atoms with Gasteiger partial charge >= 0.3 is 6.03 Å². The van der Waals surface area contributed by atoms with Crippen molar-refractivity contribution in [2.75, 3.05) is 58.2 Å². The summed E-state index contributed by atoms with van der Waals surface area (Å²) in [7, 11) is 1.66. The summed E-state index contributed by atoms with van der Waals surface area (Å²) < 4.78 is 5.20. The van der Waals surface area contributed by atoms with Gasteiger partial charge in [0, 0.05) is 51.5 Å². The lowest BCUT2D eigenvalue weighted by atomic mass is 9.97. The van der Waals surface area contributed by atoms with Crippen LogP contribution in [0.15, 0.2) is 36.5 Å². The van der Waals surface area contributed by atoms with Gasteiger partial charge in [-0.1, -0.05) is 23.2 Å². The number of pyridine rings is 1. The van der Waals surface area contributed by atoms with Gasteiger partial charge in [0.1, 0.15) is 5.75 Å². The predicted molar refractivity (Wildman–Crippen MR) is 132 cm³/mol. The van der Waals surface area contributed by atoms with E-state index in [0.29, 0.717) is 21.7 Å². The van der Waals surface area contributed by atoms with E-state index in [9.17, 15) is 4.79 Å². The summed E-state index contributed by atoms with van der Waals surface area (Å²) in [4.78, 5) is 24.0. The van der Waals surface area contributed by atoms with Crippen molar-refractivity contribution in [2.45, 2.75) is 19.4 Å². The van der Waals surface area contributed by atoms with E-state index in [1.165, 1.54) is 12.8 Å². The number of aromatic nitrogens is 1. The average molecular weight is 492 g/mol. The molecule has 1 atom stereocenters. The molecule has 0 saturated carbocycles. The lowest BCUT2D eigenvalue weighted by Gasteiger charge is -2.39. The average Bonchev–Trinajstić information content (AvgIpc) is 2.83. The number of piperazine rings is 1. The maximum atomic E-state index is 12.6. The van der Waals surface area contributed by atoms with Crippen LogP contribution >= 0.6 is 23.2 Å². The molecule has 7 nitrogen and oxygen atoms in total. The smallest absolute Gasteiger partial charge is 0.321 e. The van der Waals surface area contributed by atoms with E-state index in [0.717, 1.165) is 63.8 Å². The number of anilines is 1. The number of nitrogens with one attached hydrogen (secondary N) is 1. The van der Waals surface area contributed by atoms with Crippen LogP contribution in [0.25, 0.3) is 0 Å². The monoisotopic (exact) mass is 491 g/mol. The first-order valence-electron chi connectivity index (χ1n) is 11.4.